The van der Waals surface area contributed by atoms with Gasteiger partial charge < -0.3 is 29.7 Å². The largest absolute Gasteiger partial charge is 0.492 e. The molecule has 2 saturated carbocycles. The Labute approximate surface area is 373 Å². The number of nitriles is 1. The van der Waals surface area contributed by atoms with Gasteiger partial charge in [0.05, 0.1) is 42.7 Å². The second-order valence-corrected chi connectivity index (χ2v) is 19.6. The summed E-state index contributed by atoms with van der Waals surface area (Å²) in [5.41, 5.74) is 5.69. The van der Waals surface area contributed by atoms with Crippen molar-refractivity contribution in [2.75, 3.05) is 31.6 Å². The van der Waals surface area contributed by atoms with Crippen LogP contribution < -0.4 is 24.8 Å². The number of anilines is 1. The van der Waals surface area contributed by atoms with Crippen LogP contribution in [0.25, 0.3) is 0 Å². The van der Waals surface area contributed by atoms with Crippen molar-refractivity contribution in [1.82, 2.24) is 24.7 Å². The third-order valence-electron chi connectivity index (χ3n) is 14.2. The molecule has 3 aromatic rings. The second kappa shape index (κ2) is 16.9. The molecule has 0 radical (unpaired) electrons. The minimum Gasteiger partial charge on any atom is -0.492 e. The molecule has 8 rings (SSSR count). The van der Waals surface area contributed by atoms with Crippen LogP contribution in [-0.4, -0.2) is 111 Å². The fourth-order valence-electron chi connectivity index (χ4n) is 11.3. The Morgan fingerprint density at radius 3 is 2.33 bits per heavy atom. The van der Waals surface area contributed by atoms with Gasteiger partial charge in [-0.1, -0.05) is 39.3 Å². The number of fused-ring (bicyclic) bond motifs is 1. The molecule has 63 heavy (non-hydrogen) atoms. The number of likely N-dealkylation sites (tertiary alicyclic amines) is 1. The number of carbonyl (C=O) groups excluding carboxylic acids is 4. The number of imide groups is 1. The highest BCUT2D eigenvalue weighted by Gasteiger charge is 2.68. The molecular formula is C47H57ClN8O7. The van der Waals surface area contributed by atoms with Crippen molar-refractivity contribution in [3.8, 4) is 23.3 Å². The fraction of sp³-hybridized carbons (Fsp3) is 0.553. The fourth-order valence-corrected chi connectivity index (χ4v) is 11.5. The van der Waals surface area contributed by atoms with Gasteiger partial charge in [0.2, 0.25) is 5.91 Å². The average molecular weight is 881 g/mol. The molecule has 4 amide bonds. The number of amides is 4. The van der Waals surface area contributed by atoms with Gasteiger partial charge in [-0.15, -0.1) is 0 Å². The first-order valence-electron chi connectivity index (χ1n) is 22.0. The zero-order valence-electron chi connectivity index (χ0n) is 37.1. The molecule has 2 aliphatic carbocycles. The highest BCUT2D eigenvalue weighted by Crippen LogP contribution is 2.59. The van der Waals surface area contributed by atoms with E-state index in [-0.39, 0.29) is 60.0 Å². The molecule has 16 heteroatoms. The van der Waals surface area contributed by atoms with Gasteiger partial charge in [-0.2, -0.15) is 5.26 Å². The average Bonchev–Trinajstić information content (AvgIpc) is 3.57. The number of aromatic nitrogens is 2. The quantitative estimate of drug-likeness (QED) is 0.198. The summed E-state index contributed by atoms with van der Waals surface area (Å²) in [6.45, 7) is 15.3. The van der Waals surface area contributed by atoms with Crippen LogP contribution in [0.3, 0.4) is 0 Å². The lowest BCUT2D eigenvalue weighted by molar-refractivity contribution is -0.216. The van der Waals surface area contributed by atoms with E-state index in [1.54, 1.807) is 48.5 Å². The number of carbonyl (C=O) groups is 4. The topological polar surface area (TPSA) is 185 Å². The molecule has 1 atom stereocenters. The third-order valence-corrected chi connectivity index (χ3v) is 14.5. The molecular weight excluding hydrogens is 824 g/mol. The van der Waals surface area contributed by atoms with E-state index in [1.807, 2.05) is 27.7 Å². The molecule has 4 heterocycles. The summed E-state index contributed by atoms with van der Waals surface area (Å²) in [7, 11) is 1.57. The summed E-state index contributed by atoms with van der Waals surface area (Å²) in [6, 6.07) is 9.96. The molecule has 1 aromatic heterocycles. The predicted octanol–water partition coefficient (Wildman–Crippen LogP) is 6.00. The lowest BCUT2D eigenvalue weighted by atomic mass is 9.48. The number of nitrogens with zero attached hydrogens (tertiary/aromatic N) is 7. The van der Waals surface area contributed by atoms with Crippen LogP contribution in [0, 0.1) is 28.1 Å². The minimum atomic E-state index is -0.828. The van der Waals surface area contributed by atoms with Crippen LogP contribution in [0.4, 0.5) is 5.82 Å². The maximum atomic E-state index is 14.5. The smallest absolute Gasteiger partial charge is 0.268 e. The molecule has 1 unspecified atom stereocenters. The lowest BCUT2D eigenvalue weighted by Crippen LogP contribution is -2.77. The maximum Gasteiger partial charge on any atom is 0.268 e. The van der Waals surface area contributed by atoms with E-state index in [2.05, 4.69) is 39.7 Å². The molecule has 2 saturated heterocycles. The summed E-state index contributed by atoms with van der Waals surface area (Å²) in [4.78, 5) is 70.1. The van der Waals surface area contributed by atoms with Crippen LogP contribution in [0.1, 0.15) is 112 Å². The van der Waals surface area contributed by atoms with Crippen molar-refractivity contribution in [3.63, 3.8) is 0 Å². The molecule has 15 nitrogen and oxygen atoms in total. The van der Waals surface area contributed by atoms with Crippen molar-refractivity contribution in [2.24, 2.45) is 22.5 Å². The van der Waals surface area contributed by atoms with Gasteiger partial charge in [-0.3, -0.25) is 29.0 Å². The Balaban J connectivity index is 0.890. The summed E-state index contributed by atoms with van der Waals surface area (Å²) in [6.07, 6.45) is 6.80. The molecule has 4 fully saturated rings. The number of benzene rings is 2. The highest BCUT2D eigenvalue weighted by molar-refractivity contribution is 6.31. The molecule has 334 valence electrons. The molecule has 0 spiro atoms. The summed E-state index contributed by atoms with van der Waals surface area (Å²) < 4.78 is 19.0. The van der Waals surface area contributed by atoms with Gasteiger partial charge in [0.25, 0.3) is 17.7 Å². The molecule has 5 aliphatic rings. The number of primary amides is 1. The lowest BCUT2D eigenvalue weighted by Gasteiger charge is -2.66. The van der Waals surface area contributed by atoms with E-state index in [4.69, 9.17) is 31.5 Å². The number of hydrogen-bond donors (Lipinski definition) is 1. The Morgan fingerprint density at radius 1 is 1.02 bits per heavy atom. The highest BCUT2D eigenvalue weighted by atomic mass is 35.5. The van der Waals surface area contributed by atoms with Gasteiger partial charge >= 0.3 is 0 Å². The first kappa shape index (κ1) is 44.2. The second-order valence-electron chi connectivity index (χ2n) is 19.2. The first-order valence-corrected chi connectivity index (χ1v) is 22.3. The van der Waals surface area contributed by atoms with E-state index in [1.165, 1.54) is 11.1 Å². The Bertz CT molecular complexity index is 2320. The number of rotatable bonds is 13. The molecule has 3 aliphatic heterocycles. The normalized spacial score (nSPS) is 25.4. The third kappa shape index (κ3) is 7.94. The Hall–Kier alpha value is -5.46. The summed E-state index contributed by atoms with van der Waals surface area (Å²) >= 11 is 6.30. The van der Waals surface area contributed by atoms with Crippen LogP contribution in [-0.2, 0) is 16.1 Å². The van der Waals surface area contributed by atoms with Crippen molar-refractivity contribution >= 4 is 41.0 Å². The van der Waals surface area contributed by atoms with Crippen LogP contribution in [0.2, 0.25) is 5.02 Å². The predicted molar refractivity (Wildman–Crippen MR) is 234 cm³/mol. The van der Waals surface area contributed by atoms with E-state index in [9.17, 15) is 24.4 Å². The van der Waals surface area contributed by atoms with Crippen molar-refractivity contribution in [1.29, 1.82) is 5.26 Å². The molecule has 2 N–H and O–H groups in total. The number of ether oxygens (including phenoxy) is 3. The number of nitrogens with two attached hydrogens (primary N) is 1. The van der Waals surface area contributed by atoms with Gasteiger partial charge in [0.1, 0.15) is 41.6 Å². The van der Waals surface area contributed by atoms with Crippen LogP contribution in [0.5, 0.6) is 17.2 Å². The SMILES string of the molecule is COc1c(OC2CC(N(CC3CCN(c4cnc(C(N)=O)cn4)CC3)C(C)C)C2)ccc2c1CN(C1CCC(=O)N(C3C(C)(C)C(Oc4ccc(C#N)c(Cl)c4)C3(C)C)C1=O)C2=O. The van der Waals surface area contributed by atoms with Gasteiger partial charge in [-0.05, 0) is 63.3 Å². The van der Waals surface area contributed by atoms with Crippen molar-refractivity contribution in [3.05, 3.63) is 70.1 Å². The monoisotopic (exact) mass is 880 g/mol. The van der Waals surface area contributed by atoms with Crippen molar-refractivity contribution in [2.45, 2.75) is 123 Å². The summed E-state index contributed by atoms with van der Waals surface area (Å²) in [5.74, 6) is 1.35. The Morgan fingerprint density at radius 2 is 1.73 bits per heavy atom. The standard InChI is InChI=1S/C47H57ClN8O7/c1-26(2)54(24-27-14-16-53(17-15-27)38-23-51-35(22-52-38)41(50)58)29-18-31(19-29)62-37-12-10-32-33(40(37)61-7)25-55(42(32)59)36-11-13-39(57)56(43(36)60)44-46(3,4)45(47(44,5)6)63-30-9-8-28(21-49)34(48)20-30/h8-10,12,20,22-23,26-27,29,31,36,44-45H,11,13-19,24-25H2,1-7H3,(H2,50,58). The van der Waals surface area contributed by atoms with Gasteiger partial charge in [-0.25, -0.2) is 9.97 Å². The first-order chi connectivity index (χ1) is 29.9. The zero-order valence-corrected chi connectivity index (χ0v) is 37.9. The van der Waals surface area contributed by atoms with Crippen LogP contribution >= 0.6 is 11.6 Å². The number of halogens is 1. The molecule has 0 bridgehead atoms. The number of methoxy groups -OCH3 is 1. The van der Waals surface area contributed by atoms with E-state index in [0.717, 1.165) is 51.1 Å². The van der Waals surface area contributed by atoms with Crippen LogP contribution in [0.15, 0.2) is 42.7 Å². The van der Waals surface area contributed by atoms with E-state index >= 15 is 0 Å². The Kier molecular flexibility index (Phi) is 11.9. The number of hydrogen-bond acceptors (Lipinski definition) is 12. The maximum absolute atomic E-state index is 14.5. The van der Waals surface area contributed by atoms with E-state index in [0.29, 0.717) is 51.9 Å². The van der Waals surface area contributed by atoms with Gasteiger partial charge in [0, 0.05) is 79.0 Å². The summed E-state index contributed by atoms with van der Waals surface area (Å²) in [5, 5.41) is 9.60. The number of piperidine rings is 2. The molecule has 2 aromatic carbocycles. The zero-order chi connectivity index (χ0) is 45.1. The van der Waals surface area contributed by atoms with Gasteiger partial charge in [0.15, 0.2) is 11.5 Å². The minimum absolute atomic E-state index is 0.0180. The van der Waals surface area contributed by atoms with Crippen molar-refractivity contribution < 1.29 is 33.4 Å². The van der Waals surface area contributed by atoms with E-state index < -0.39 is 28.8 Å².